The number of nitrogens with one attached hydrogen (secondary N) is 1. The number of rotatable bonds is 3. The first-order chi connectivity index (χ1) is 9.22. The van der Waals surface area contributed by atoms with Crippen LogP contribution in [0.25, 0.3) is 10.2 Å². The molecular formula is C14H18ClN3S. The van der Waals surface area contributed by atoms with E-state index in [-0.39, 0.29) is 5.54 Å². The standard InChI is InChI=1S/C14H18ClN3S/c1-10-7-11-12(16-9-17-13(11)19-10)18-14(8-15)5-3-2-4-6-14/h7,9H,2-6,8H2,1H3,(H,16,17,18). The Morgan fingerprint density at radius 3 is 2.84 bits per heavy atom. The van der Waals surface area contributed by atoms with Gasteiger partial charge in [-0.1, -0.05) is 19.3 Å². The van der Waals surface area contributed by atoms with Crippen LogP contribution in [0.15, 0.2) is 12.4 Å². The molecule has 0 bridgehead atoms. The van der Waals surface area contributed by atoms with Gasteiger partial charge in [-0.05, 0) is 25.8 Å². The number of fused-ring (bicyclic) bond motifs is 1. The minimum Gasteiger partial charge on any atom is -0.363 e. The normalized spacial score (nSPS) is 18.6. The maximum absolute atomic E-state index is 6.24. The van der Waals surface area contributed by atoms with Crippen molar-refractivity contribution in [3.8, 4) is 0 Å². The molecule has 1 aliphatic rings. The van der Waals surface area contributed by atoms with Gasteiger partial charge < -0.3 is 5.32 Å². The molecule has 0 unspecified atom stereocenters. The third-order valence-corrected chi connectivity index (χ3v) is 5.37. The lowest BCUT2D eigenvalue weighted by Gasteiger charge is -2.37. The van der Waals surface area contributed by atoms with Crippen LogP contribution in [0, 0.1) is 6.92 Å². The van der Waals surface area contributed by atoms with Gasteiger partial charge in [0.1, 0.15) is 17.0 Å². The Kier molecular flexibility index (Phi) is 3.63. The van der Waals surface area contributed by atoms with Gasteiger partial charge in [0.05, 0.1) is 10.9 Å². The molecule has 0 aliphatic heterocycles. The van der Waals surface area contributed by atoms with Crippen LogP contribution in [0.2, 0.25) is 0 Å². The lowest BCUT2D eigenvalue weighted by molar-refractivity contribution is 0.353. The molecule has 1 aliphatic carbocycles. The maximum atomic E-state index is 6.24. The molecule has 2 heterocycles. The van der Waals surface area contributed by atoms with Crippen molar-refractivity contribution in [1.29, 1.82) is 0 Å². The third-order valence-electron chi connectivity index (χ3n) is 3.90. The molecule has 0 aromatic carbocycles. The van der Waals surface area contributed by atoms with Crippen LogP contribution in [-0.4, -0.2) is 21.4 Å². The molecule has 0 atom stereocenters. The van der Waals surface area contributed by atoms with Gasteiger partial charge >= 0.3 is 0 Å². The summed E-state index contributed by atoms with van der Waals surface area (Å²) in [5.41, 5.74) is 0.0108. The number of hydrogen-bond acceptors (Lipinski definition) is 4. The predicted molar refractivity (Wildman–Crippen MR) is 82.3 cm³/mol. The number of aromatic nitrogens is 2. The van der Waals surface area contributed by atoms with Crippen LogP contribution in [-0.2, 0) is 0 Å². The van der Waals surface area contributed by atoms with Gasteiger partial charge in [-0.25, -0.2) is 9.97 Å². The molecule has 0 amide bonds. The zero-order valence-corrected chi connectivity index (χ0v) is 12.7. The fourth-order valence-corrected chi connectivity index (χ4v) is 4.03. The predicted octanol–water partition coefficient (Wildman–Crippen LogP) is 4.35. The van der Waals surface area contributed by atoms with Crippen molar-refractivity contribution < 1.29 is 0 Å². The van der Waals surface area contributed by atoms with Gasteiger partial charge in [-0.2, -0.15) is 0 Å². The van der Waals surface area contributed by atoms with Gasteiger partial charge in [0.25, 0.3) is 0 Å². The molecule has 5 heteroatoms. The topological polar surface area (TPSA) is 37.8 Å². The van der Waals surface area contributed by atoms with E-state index in [2.05, 4.69) is 28.3 Å². The zero-order valence-electron chi connectivity index (χ0n) is 11.1. The summed E-state index contributed by atoms with van der Waals surface area (Å²) in [5.74, 6) is 1.58. The van der Waals surface area contributed by atoms with Gasteiger partial charge in [0.15, 0.2) is 0 Å². The summed E-state index contributed by atoms with van der Waals surface area (Å²) in [5, 5.41) is 4.75. The highest BCUT2D eigenvalue weighted by molar-refractivity contribution is 7.18. The fourth-order valence-electron chi connectivity index (χ4n) is 2.85. The summed E-state index contributed by atoms with van der Waals surface area (Å²) < 4.78 is 0. The second-order valence-electron chi connectivity index (χ2n) is 5.40. The molecule has 2 aromatic rings. The van der Waals surface area contributed by atoms with E-state index in [1.165, 1.54) is 24.1 Å². The molecule has 0 radical (unpaired) electrons. The summed E-state index contributed by atoms with van der Waals surface area (Å²) in [7, 11) is 0. The molecule has 3 rings (SSSR count). The zero-order chi connectivity index (χ0) is 13.3. The highest BCUT2D eigenvalue weighted by Gasteiger charge is 2.31. The van der Waals surface area contributed by atoms with E-state index in [0.717, 1.165) is 28.9 Å². The molecule has 2 aromatic heterocycles. The number of aryl methyl sites for hydroxylation is 1. The van der Waals surface area contributed by atoms with Gasteiger partial charge in [-0.3, -0.25) is 0 Å². The third kappa shape index (κ3) is 2.56. The largest absolute Gasteiger partial charge is 0.363 e. The Morgan fingerprint density at radius 2 is 2.11 bits per heavy atom. The Bertz CT molecular complexity index is 575. The van der Waals surface area contributed by atoms with Crippen LogP contribution >= 0.6 is 22.9 Å². The lowest BCUT2D eigenvalue weighted by atomic mass is 9.83. The number of anilines is 1. The number of halogens is 1. The van der Waals surface area contributed by atoms with Crippen molar-refractivity contribution in [2.45, 2.75) is 44.6 Å². The van der Waals surface area contributed by atoms with E-state index in [9.17, 15) is 0 Å². The van der Waals surface area contributed by atoms with Gasteiger partial charge in [-0.15, -0.1) is 22.9 Å². The minimum atomic E-state index is 0.0108. The first-order valence-electron chi connectivity index (χ1n) is 6.78. The summed E-state index contributed by atoms with van der Waals surface area (Å²) in [6.07, 6.45) is 7.71. The molecule has 0 saturated heterocycles. The van der Waals surface area contributed by atoms with Crippen molar-refractivity contribution in [3.05, 3.63) is 17.3 Å². The second kappa shape index (κ2) is 5.25. The molecule has 1 saturated carbocycles. The maximum Gasteiger partial charge on any atom is 0.138 e. The van der Waals surface area contributed by atoms with Crippen LogP contribution in [0.4, 0.5) is 5.82 Å². The molecule has 1 N–H and O–H groups in total. The average Bonchev–Trinajstić information content (AvgIpc) is 2.81. The Labute approximate surface area is 122 Å². The Balaban J connectivity index is 1.95. The Morgan fingerprint density at radius 1 is 1.32 bits per heavy atom. The fraction of sp³-hybridized carbons (Fsp3) is 0.571. The number of nitrogens with zero attached hydrogens (tertiary/aromatic N) is 2. The molecule has 19 heavy (non-hydrogen) atoms. The van der Waals surface area contributed by atoms with E-state index in [4.69, 9.17) is 11.6 Å². The van der Waals surface area contributed by atoms with Crippen LogP contribution in [0.3, 0.4) is 0 Å². The molecule has 1 fully saturated rings. The smallest absolute Gasteiger partial charge is 0.138 e. The minimum absolute atomic E-state index is 0.0108. The highest BCUT2D eigenvalue weighted by atomic mass is 35.5. The lowest BCUT2D eigenvalue weighted by Crippen LogP contribution is -2.42. The van der Waals surface area contributed by atoms with Crippen molar-refractivity contribution in [1.82, 2.24) is 9.97 Å². The SMILES string of the molecule is Cc1cc2c(NC3(CCl)CCCCC3)ncnc2s1. The molecule has 3 nitrogen and oxygen atoms in total. The van der Waals surface area contributed by atoms with Crippen molar-refractivity contribution >= 4 is 39.0 Å². The first-order valence-corrected chi connectivity index (χ1v) is 8.13. The van der Waals surface area contributed by atoms with E-state index >= 15 is 0 Å². The van der Waals surface area contributed by atoms with E-state index < -0.39 is 0 Å². The van der Waals surface area contributed by atoms with Crippen molar-refractivity contribution in [3.63, 3.8) is 0 Å². The quantitative estimate of drug-likeness (QED) is 0.855. The summed E-state index contributed by atoms with van der Waals surface area (Å²) >= 11 is 7.95. The van der Waals surface area contributed by atoms with Crippen LogP contribution in [0.1, 0.15) is 37.0 Å². The monoisotopic (exact) mass is 295 g/mol. The van der Waals surface area contributed by atoms with Gasteiger partial charge in [0.2, 0.25) is 0 Å². The van der Waals surface area contributed by atoms with Crippen LogP contribution < -0.4 is 5.32 Å². The van der Waals surface area contributed by atoms with E-state index in [0.29, 0.717) is 5.88 Å². The number of alkyl halides is 1. The summed E-state index contributed by atoms with van der Waals surface area (Å²) in [4.78, 5) is 11.1. The van der Waals surface area contributed by atoms with Crippen LogP contribution in [0.5, 0.6) is 0 Å². The number of thiophene rings is 1. The van der Waals surface area contributed by atoms with Crippen molar-refractivity contribution in [2.75, 3.05) is 11.2 Å². The molecule has 102 valence electrons. The average molecular weight is 296 g/mol. The highest BCUT2D eigenvalue weighted by Crippen LogP contribution is 2.35. The van der Waals surface area contributed by atoms with E-state index in [1.807, 2.05) is 0 Å². The molecule has 0 spiro atoms. The molecular weight excluding hydrogens is 278 g/mol. The van der Waals surface area contributed by atoms with E-state index in [1.54, 1.807) is 17.7 Å². The summed E-state index contributed by atoms with van der Waals surface area (Å²) in [6.45, 7) is 2.11. The Hall–Kier alpha value is -0.870. The van der Waals surface area contributed by atoms with Gasteiger partial charge in [0, 0.05) is 10.8 Å². The summed E-state index contributed by atoms with van der Waals surface area (Å²) in [6, 6.07) is 2.16. The second-order valence-corrected chi connectivity index (χ2v) is 6.90. The van der Waals surface area contributed by atoms with Crippen molar-refractivity contribution in [2.24, 2.45) is 0 Å². The number of hydrogen-bond donors (Lipinski definition) is 1. The first kappa shape index (κ1) is 13.1.